The molecule has 0 aliphatic heterocycles. The maximum Gasteiger partial charge on any atom is 0.186 e. The second-order valence-electron chi connectivity index (χ2n) is 3.14. The maximum absolute atomic E-state index is 5.29. The molecular weight excluding hydrogens is 162 g/mol. The Morgan fingerprint density at radius 2 is 1.77 bits per heavy atom. The Balaban J connectivity index is 2.83. The van der Waals surface area contributed by atoms with Crippen molar-refractivity contribution in [3.8, 4) is 0 Å². The molecule has 3 nitrogen and oxygen atoms in total. The lowest BCUT2D eigenvalue weighted by molar-refractivity contribution is 0.815. The van der Waals surface area contributed by atoms with Gasteiger partial charge in [0, 0.05) is 0 Å². The van der Waals surface area contributed by atoms with E-state index in [1.807, 2.05) is 31.2 Å². The van der Waals surface area contributed by atoms with E-state index in [1.54, 1.807) is 0 Å². The third-order valence-corrected chi connectivity index (χ3v) is 1.90. The second kappa shape index (κ2) is 3.94. The molecule has 70 valence electrons. The molecule has 0 heterocycles. The van der Waals surface area contributed by atoms with Crippen molar-refractivity contribution in [3.63, 3.8) is 0 Å². The van der Waals surface area contributed by atoms with Crippen LogP contribution in [0.1, 0.15) is 24.1 Å². The lowest BCUT2D eigenvalue weighted by Crippen LogP contribution is -2.23. The minimum absolute atomic E-state index is 0.0330. The van der Waals surface area contributed by atoms with Gasteiger partial charge in [-0.2, -0.15) is 0 Å². The van der Waals surface area contributed by atoms with Gasteiger partial charge in [-0.05, 0) is 19.4 Å². The zero-order valence-corrected chi connectivity index (χ0v) is 7.99. The first kappa shape index (κ1) is 9.58. The quantitative estimate of drug-likeness (QED) is 0.528. The minimum atomic E-state index is 0.0330. The van der Waals surface area contributed by atoms with E-state index < -0.39 is 0 Å². The van der Waals surface area contributed by atoms with Gasteiger partial charge < -0.3 is 11.5 Å². The van der Waals surface area contributed by atoms with Gasteiger partial charge in [-0.15, -0.1) is 0 Å². The standard InChI is InChI=1S/C10H15N3/c1-7-3-5-9(6-4-7)8(2)13-10(11)12/h3-6,8H,1-2H3,(H4,11,12,13)/t8-/m1/s1. The van der Waals surface area contributed by atoms with Gasteiger partial charge >= 0.3 is 0 Å². The summed E-state index contributed by atoms with van der Waals surface area (Å²) in [6, 6.07) is 8.20. The van der Waals surface area contributed by atoms with E-state index in [2.05, 4.69) is 11.9 Å². The van der Waals surface area contributed by atoms with Crippen LogP contribution in [0.2, 0.25) is 0 Å². The molecule has 4 N–H and O–H groups in total. The number of aliphatic imine (C=N–C) groups is 1. The van der Waals surface area contributed by atoms with Crippen molar-refractivity contribution >= 4 is 5.96 Å². The average molecular weight is 177 g/mol. The van der Waals surface area contributed by atoms with Gasteiger partial charge in [-0.3, -0.25) is 0 Å². The van der Waals surface area contributed by atoms with Gasteiger partial charge in [0.25, 0.3) is 0 Å². The Morgan fingerprint density at radius 1 is 1.23 bits per heavy atom. The van der Waals surface area contributed by atoms with Gasteiger partial charge in [0.2, 0.25) is 0 Å². The van der Waals surface area contributed by atoms with Crippen LogP contribution in [-0.2, 0) is 0 Å². The van der Waals surface area contributed by atoms with Crippen molar-refractivity contribution in [3.05, 3.63) is 35.4 Å². The Hall–Kier alpha value is -1.51. The molecule has 1 rings (SSSR count). The number of rotatable bonds is 2. The molecule has 0 radical (unpaired) electrons. The summed E-state index contributed by atoms with van der Waals surface area (Å²) in [5.74, 6) is 0.132. The molecule has 0 aliphatic rings. The van der Waals surface area contributed by atoms with Gasteiger partial charge in [0.1, 0.15) is 0 Å². The molecule has 1 aromatic carbocycles. The zero-order valence-electron chi connectivity index (χ0n) is 7.99. The molecule has 1 aromatic rings. The fraction of sp³-hybridized carbons (Fsp3) is 0.300. The first-order valence-corrected chi connectivity index (χ1v) is 4.25. The van der Waals surface area contributed by atoms with Crippen molar-refractivity contribution in [2.45, 2.75) is 19.9 Å². The highest BCUT2D eigenvalue weighted by Gasteiger charge is 2.01. The molecule has 0 unspecified atom stereocenters. The summed E-state index contributed by atoms with van der Waals surface area (Å²) in [5, 5.41) is 0. The number of hydrogen-bond donors (Lipinski definition) is 2. The third kappa shape index (κ3) is 2.78. The normalized spacial score (nSPS) is 12.2. The highest BCUT2D eigenvalue weighted by Crippen LogP contribution is 2.16. The van der Waals surface area contributed by atoms with Crippen molar-refractivity contribution in [1.82, 2.24) is 0 Å². The van der Waals surface area contributed by atoms with Crippen LogP contribution < -0.4 is 11.5 Å². The highest BCUT2D eigenvalue weighted by atomic mass is 15.0. The molecule has 0 amide bonds. The zero-order chi connectivity index (χ0) is 9.84. The Bertz CT molecular complexity index is 296. The van der Waals surface area contributed by atoms with Gasteiger partial charge in [-0.1, -0.05) is 29.8 Å². The van der Waals surface area contributed by atoms with E-state index in [-0.39, 0.29) is 12.0 Å². The van der Waals surface area contributed by atoms with Crippen LogP contribution >= 0.6 is 0 Å². The second-order valence-corrected chi connectivity index (χ2v) is 3.14. The predicted molar refractivity (Wildman–Crippen MR) is 55.4 cm³/mol. The van der Waals surface area contributed by atoms with Crippen molar-refractivity contribution in [2.24, 2.45) is 16.5 Å². The van der Waals surface area contributed by atoms with Crippen molar-refractivity contribution in [2.75, 3.05) is 0 Å². The molecule has 0 bridgehead atoms. The van der Waals surface area contributed by atoms with Crippen LogP contribution in [0.15, 0.2) is 29.3 Å². The van der Waals surface area contributed by atoms with Gasteiger partial charge in [-0.25, -0.2) is 4.99 Å². The third-order valence-electron chi connectivity index (χ3n) is 1.90. The largest absolute Gasteiger partial charge is 0.370 e. The number of hydrogen-bond acceptors (Lipinski definition) is 1. The van der Waals surface area contributed by atoms with E-state index in [4.69, 9.17) is 11.5 Å². The molecule has 0 spiro atoms. The van der Waals surface area contributed by atoms with E-state index in [9.17, 15) is 0 Å². The van der Waals surface area contributed by atoms with E-state index in [0.717, 1.165) is 5.56 Å². The molecule has 0 aromatic heterocycles. The fourth-order valence-electron chi connectivity index (χ4n) is 1.14. The van der Waals surface area contributed by atoms with Crippen LogP contribution in [0.4, 0.5) is 0 Å². The van der Waals surface area contributed by atoms with Crippen LogP contribution in [0.25, 0.3) is 0 Å². The summed E-state index contributed by atoms with van der Waals surface area (Å²) in [6.07, 6.45) is 0. The maximum atomic E-state index is 5.29. The van der Waals surface area contributed by atoms with Crippen LogP contribution in [0.3, 0.4) is 0 Å². The van der Waals surface area contributed by atoms with Gasteiger partial charge in [0.05, 0.1) is 6.04 Å². The smallest absolute Gasteiger partial charge is 0.186 e. The Kier molecular flexibility index (Phi) is 2.90. The number of aryl methyl sites for hydroxylation is 1. The molecule has 0 aliphatic carbocycles. The topological polar surface area (TPSA) is 64.4 Å². The average Bonchev–Trinajstić information content (AvgIpc) is 2.04. The fourth-order valence-corrected chi connectivity index (χ4v) is 1.14. The van der Waals surface area contributed by atoms with Crippen LogP contribution in [0, 0.1) is 6.92 Å². The van der Waals surface area contributed by atoms with Crippen LogP contribution in [-0.4, -0.2) is 5.96 Å². The summed E-state index contributed by atoms with van der Waals surface area (Å²) in [6.45, 7) is 4.01. The number of guanidine groups is 1. The summed E-state index contributed by atoms with van der Waals surface area (Å²) < 4.78 is 0. The summed E-state index contributed by atoms with van der Waals surface area (Å²) in [5.41, 5.74) is 12.9. The first-order valence-electron chi connectivity index (χ1n) is 4.25. The number of nitrogens with two attached hydrogens (primary N) is 2. The highest BCUT2D eigenvalue weighted by molar-refractivity contribution is 5.75. The van der Waals surface area contributed by atoms with Crippen molar-refractivity contribution < 1.29 is 0 Å². The summed E-state index contributed by atoms with van der Waals surface area (Å²) in [7, 11) is 0. The minimum Gasteiger partial charge on any atom is -0.370 e. The van der Waals surface area contributed by atoms with Crippen molar-refractivity contribution in [1.29, 1.82) is 0 Å². The lowest BCUT2D eigenvalue weighted by Gasteiger charge is -2.06. The number of benzene rings is 1. The SMILES string of the molecule is Cc1ccc([C@@H](C)N=C(N)N)cc1. The molecule has 3 heteroatoms. The molecule has 0 fully saturated rings. The molecule has 0 saturated heterocycles. The van der Waals surface area contributed by atoms with E-state index in [0.29, 0.717) is 0 Å². The Morgan fingerprint density at radius 3 is 2.23 bits per heavy atom. The summed E-state index contributed by atoms with van der Waals surface area (Å²) in [4.78, 5) is 4.05. The number of nitrogens with zero attached hydrogens (tertiary/aromatic N) is 1. The molecule has 13 heavy (non-hydrogen) atoms. The first-order chi connectivity index (χ1) is 6.09. The molecule has 0 saturated carbocycles. The molecular formula is C10H15N3. The Labute approximate surface area is 78.5 Å². The van der Waals surface area contributed by atoms with E-state index >= 15 is 0 Å². The van der Waals surface area contributed by atoms with Crippen LogP contribution in [0.5, 0.6) is 0 Å². The molecule has 1 atom stereocenters. The summed E-state index contributed by atoms with van der Waals surface area (Å²) >= 11 is 0. The monoisotopic (exact) mass is 177 g/mol. The predicted octanol–water partition coefficient (Wildman–Crippen LogP) is 1.33. The lowest BCUT2D eigenvalue weighted by atomic mass is 10.1. The van der Waals surface area contributed by atoms with Gasteiger partial charge in [0.15, 0.2) is 5.96 Å². The van der Waals surface area contributed by atoms with E-state index in [1.165, 1.54) is 5.56 Å².